The summed E-state index contributed by atoms with van der Waals surface area (Å²) in [6.45, 7) is 0. The normalized spacial score (nSPS) is 1.50. The molecule has 1 atom stereocenters. The van der Waals surface area contributed by atoms with E-state index in [4.69, 9.17) is 0 Å². The van der Waals surface area contributed by atoms with Gasteiger partial charge in [-0.1, -0.05) is 0 Å². The molecule has 0 aromatic rings. The summed E-state index contributed by atoms with van der Waals surface area (Å²) in [6, 6.07) is 0. The molecule has 1 unspecified atom stereocenters. The summed E-state index contributed by atoms with van der Waals surface area (Å²) >= 11 is 3.17. The summed E-state index contributed by atoms with van der Waals surface area (Å²) in [6.07, 6.45) is 0. The summed E-state index contributed by atoms with van der Waals surface area (Å²) in [4.78, 5) is 0. The minimum Gasteiger partial charge on any atom is 0 e. The van der Waals surface area contributed by atoms with Gasteiger partial charge in [-0.2, -0.15) is 0 Å². The Morgan fingerprint density at radius 1 is 1.25 bits per heavy atom. The van der Waals surface area contributed by atoms with Gasteiger partial charge in [0.15, 0.2) is 0 Å². The molecule has 1 radical (unpaired) electrons. The van der Waals surface area contributed by atoms with Crippen molar-refractivity contribution < 1.29 is 54.5 Å². The van der Waals surface area contributed by atoms with Crippen LogP contribution in [0.25, 0.3) is 0 Å². The van der Waals surface area contributed by atoms with Crippen molar-refractivity contribution in [3.63, 3.8) is 0 Å². The average molecular weight is 246 g/mol. The number of hydrogen-bond acceptors (Lipinski definition) is 0. The molecule has 0 spiro atoms. The Balaban J connectivity index is -0.00000000500. The molecule has 0 aliphatic rings. The fourth-order valence-corrected chi connectivity index (χ4v) is 0. The van der Waals surface area contributed by atoms with Crippen molar-refractivity contribution in [1.82, 2.24) is 0 Å². The Morgan fingerprint density at radius 3 is 1.25 bits per heavy atom. The van der Waals surface area contributed by atoms with Crippen LogP contribution in [0.4, 0.5) is 0 Å². The largest absolute Gasteiger partial charge is 0 e. The van der Waals surface area contributed by atoms with E-state index in [1.54, 1.807) is 0 Å². The van der Waals surface area contributed by atoms with Crippen LogP contribution in [0.2, 0.25) is 0 Å². The summed E-state index contributed by atoms with van der Waals surface area (Å²) in [5.41, 5.74) is 0. The van der Waals surface area contributed by atoms with Crippen LogP contribution in [-0.4, -0.2) is 0 Å². The van der Waals surface area contributed by atoms with Gasteiger partial charge >= 0.3 is 23.5 Å². The first-order valence-electron chi connectivity index (χ1n) is 0.204. The molecule has 0 aromatic heterocycles. The van der Waals surface area contributed by atoms with Gasteiger partial charge in [0.05, 0.1) is 0 Å². The van der Waals surface area contributed by atoms with Crippen molar-refractivity contribution in [2.24, 2.45) is 0 Å². The van der Waals surface area contributed by atoms with Crippen molar-refractivity contribution in [1.29, 1.82) is 0 Å². The van der Waals surface area contributed by atoms with E-state index in [2.05, 4.69) is 23.5 Å². The molecule has 0 aliphatic carbocycles. The van der Waals surface area contributed by atoms with E-state index < -0.39 is 0 Å². The molecule has 0 saturated carbocycles. The van der Waals surface area contributed by atoms with Gasteiger partial charge in [-0.3, -0.25) is 0 Å². The zero-order valence-electron chi connectivity index (χ0n) is 1.69. The molecule has 30 valence electrons. The van der Waals surface area contributed by atoms with Crippen LogP contribution >= 0.6 is 7.93 Å². The van der Waals surface area contributed by atoms with Crippen molar-refractivity contribution >= 4 is 7.93 Å². The summed E-state index contributed by atoms with van der Waals surface area (Å²) in [7, 11) is 2.17. The van der Waals surface area contributed by atoms with E-state index in [1.165, 1.54) is 0 Å². The van der Waals surface area contributed by atoms with Crippen molar-refractivity contribution in [3.05, 3.63) is 0 Å². The Morgan fingerprint density at radius 2 is 1.25 bits per heavy atom. The number of hydrogen-bond donors (Lipinski definition) is 0. The predicted molar refractivity (Wildman–Crippen MR) is 9.71 cm³/mol. The van der Waals surface area contributed by atoms with Gasteiger partial charge in [0.2, 0.25) is 0 Å². The molecule has 4 heteroatoms. The smallest absolute Gasteiger partial charge is 0 e. The molecule has 0 N–H and O–H groups in total. The molecule has 0 aliphatic heterocycles. The Bertz CT molecular complexity index is 8.00. The molecule has 0 fully saturated rings. The third-order valence-corrected chi connectivity index (χ3v) is 0. The van der Waals surface area contributed by atoms with Crippen molar-refractivity contribution in [2.45, 2.75) is 0 Å². The molecule has 0 amide bonds. The molecular weight excluding hydrogens is 244 g/mol. The van der Waals surface area contributed by atoms with Crippen LogP contribution in [0.5, 0.6) is 0 Å². The first-order valence-corrected chi connectivity index (χ1v) is 2.52. The first-order chi connectivity index (χ1) is 1.00. The topological polar surface area (TPSA) is 0 Å². The molecule has 0 bridgehead atoms. The fourth-order valence-electron chi connectivity index (χ4n) is 0. The molecule has 0 saturated heterocycles. The minimum atomic E-state index is 0. The zero-order valence-corrected chi connectivity index (χ0v) is 6.90. The van der Waals surface area contributed by atoms with Gasteiger partial charge in [0.25, 0.3) is 0 Å². The second-order valence-corrected chi connectivity index (χ2v) is 0. The van der Waals surface area contributed by atoms with E-state index in [0.717, 1.165) is 0 Å². The third-order valence-electron chi connectivity index (χ3n) is 0. The second-order valence-electron chi connectivity index (χ2n) is 0. The van der Waals surface area contributed by atoms with Crippen molar-refractivity contribution in [2.75, 3.05) is 0 Å². The maximum atomic E-state index is 3.17. The maximum Gasteiger partial charge on any atom is 0 e. The average Bonchev–Trinajstić information content (AvgIpc) is 1.00. The van der Waals surface area contributed by atoms with Gasteiger partial charge in [0.1, 0.15) is 0 Å². The van der Waals surface area contributed by atoms with E-state index in [0.29, 0.717) is 0 Å². The van der Waals surface area contributed by atoms with Gasteiger partial charge in [-0.05, 0) is 0 Å². The van der Waals surface area contributed by atoms with Crippen LogP contribution < -0.4 is 0 Å². The zero-order chi connectivity index (χ0) is 2.00. The van der Waals surface area contributed by atoms with E-state index in [9.17, 15) is 0 Å². The SMILES string of the molecule is [PH2][Fe].[Pd].[V]. The van der Waals surface area contributed by atoms with Crippen LogP contribution in [0, 0.1) is 0 Å². The van der Waals surface area contributed by atoms with Gasteiger partial charge in [-0.25, -0.2) is 0 Å². The molecule has 0 aromatic carbocycles. The van der Waals surface area contributed by atoms with Gasteiger partial charge < -0.3 is 0 Å². The van der Waals surface area contributed by atoms with Gasteiger partial charge in [-0.15, -0.1) is 0 Å². The standard InChI is InChI=1S/Fe.H2P.Pd.V/h;1H2;;/q+1;-1;;. The van der Waals surface area contributed by atoms with E-state index in [1.807, 2.05) is 0 Å². The molecule has 0 heterocycles. The van der Waals surface area contributed by atoms with Crippen LogP contribution in [0.3, 0.4) is 0 Å². The third kappa shape index (κ3) is 8.89. The van der Waals surface area contributed by atoms with Crippen molar-refractivity contribution in [3.8, 4) is 0 Å². The predicted octanol–water partition coefficient (Wildman–Crippen LogP) is 0.318. The Labute approximate surface area is 62.0 Å². The summed E-state index contributed by atoms with van der Waals surface area (Å²) in [5.74, 6) is 0. The van der Waals surface area contributed by atoms with Gasteiger partial charge in [0, 0.05) is 39.0 Å². The van der Waals surface area contributed by atoms with Crippen LogP contribution in [-0.2, 0) is 54.5 Å². The minimum absolute atomic E-state index is 0. The first kappa shape index (κ1) is 16.4. The number of rotatable bonds is 0. The maximum absolute atomic E-state index is 3.17. The molecule has 0 rings (SSSR count). The van der Waals surface area contributed by atoms with Crippen LogP contribution in [0.15, 0.2) is 0 Å². The van der Waals surface area contributed by atoms with Crippen LogP contribution in [0.1, 0.15) is 0 Å². The molecular formula is H2FePPdV. The quantitative estimate of drug-likeness (QED) is 0.426. The van der Waals surface area contributed by atoms with E-state index >= 15 is 0 Å². The molecule has 4 heavy (non-hydrogen) atoms. The fraction of sp³-hybridized carbons (Fsp3) is 0. The second kappa shape index (κ2) is 19.0. The summed E-state index contributed by atoms with van der Waals surface area (Å²) < 4.78 is 0. The molecule has 0 nitrogen and oxygen atoms in total. The Hall–Kier alpha value is 2.20. The van der Waals surface area contributed by atoms with E-state index in [-0.39, 0.29) is 39.0 Å². The monoisotopic (exact) mass is 246 g/mol. The Kier molecular flexibility index (Phi) is 77.7. The summed E-state index contributed by atoms with van der Waals surface area (Å²) in [5, 5.41) is 0.